The predicted octanol–water partition coefficient (Wildman–Crippen LogP) is 1.04. The Morgan fingerprint density at radius 1 is 1.03 bits per heavy atom. The fraction of sp³-hybridized carbons (Fsp3) is 0.200. The van der Waals surface area contributed by atoms with Crippen LogP contribution in [-0.4, -0.2) is 45.0 Å². The first-order valence-corrected chi connectivity index (χ1v) is 11.0. The van der Waals surface area contributed by atoms with Crippen molar-refractivity contribution in [3.05, 3.63) is 54.1 Å². The van der Waals surface area contributed by atoms with Gasteiger partial charge in [-0.3, -0.25) is 19.8 Å². The minimum absolute atomic E-state index is 0.0989. The second kappa shape index (κ2) is 8.96. The van der Waals surface area contributed by atoms with E-state index in [-0.39, 0.29) is 35.1 Å². The maximum Gasteiger partial charge on any atom is 0.338 e. The van der Waals surface area contributed by atoms with Gasteiger partial charge in [-0.15, -0.1) is 0 Å². The van der Waals surface area contributed by atoms with Crippen LogP contribution in [0, 0.1) is 0 Å². The SMILES string of the molecule is CS(=O)(=O)c1ccc(NC(=O)COC(=O)c2ccc(N3NC(=O)CCC3=O)cc2)cc1. The average Bonchev–Trinajstić information content (AvgIpc) is 2.73. The fourth-order valence-corrected chi connectivity index (χ4v) is 3.36. The molecular formula is C20H19N3O7S. The highest BCUT2D eigenvalue weighted by molar-refractivity contribution is 7.90. The van der Waals surface area contributed by atoms with Gasteiger partial charge < -0.3 is 10.1 Å². The van der Waals surface area contributed by atoms with Crippen molar-refractivity contribution in [2.24, 2.45) is 0 Å². The van der Waals surface area contributed by atoms with Gasteiger partial charge >= 0.3 is 5.97 Å². The molecule has 162 valence electrons. The van der Waals surface area contributed by atoms with Crippen LogP contribution < -0.4 is 15.8 Å². The van der Waals surface area contributed by atoms with Crippen LogP contribution in [0.3, 0.4) is 0 Å². The smallest absolute Gasteiger partial charge is 0.338 e. The first kappa shape index (κ1) is 22.0. The van der Waals surface area contributed by atoms with Crippen LogP contribution >= 0.6 is 0 Å². The number of carbonyl (C=O) groups excluding carboxylic acids is 4. The van der Waals surface area contributed by atoms with Crippen LogP contribution in [0.15, 0.2) is 53.4 Å². The van der Waals surface area contributed by atoms with E-state index in [0.717, 1.165) is 11.3 Å². The van der Waals surface area contributed by atoms with Gasteiger partial charge in [0.2, 0.25) is 11.8 Å². The first-order chi connectivity index (χ1) is 14.6. The molecule has 0 spiro atoms. The van der Waals surface area contributed by atoms with Crippen molar-refractivity contribution in [3.63, 3.8) is 0 Å². The predicted molar refractivity (Wildman–Crippen MR) is 110 cm³/mol. The fourth-order valence-electron chi connectivity index (χ4n) is 2.73. The van der Waals surface area contributed by atoms with Gasteiger partial charge in [0.25, 0.3) is 5.91 Å². The number of sulfone groups is 1. The van der Waals surface area contributed by atoms with Gasteiger partial charge in [-0.2, -0.15) is 0 Å². The molecule has 0 radical (unpaired) electrons. The number of anilines is 2. The minimum Gasteiger partial charge on any atom is -0.452 e. The summed E-state index contributed by atoms with van der Waals surface area (Å²) in [5.74, 6) is -1.89. The summed E-state index contributed by atoms with van der Waals surface area (Å²) in [4.78, 5) is 47.6. The molecule has 0 bridgehead atoms. The zero-order chi connectivity index (χ0) is 22.6. The number of nitrogens with one attached hydrogen (secondary N) is 2. The number of hydrazine groups is 1. The van der Waals surface area contributed by atoms with Crippen LogP contribution in [0.2, 0.25) is 0 Å². The molecule has 2 N–H and O–H groups in total. The van der Waals surface area contributed by atoms with Crippen molar-refractivity contribution in [2.45, 2.75) is 17.7 Å². The molecule has 1 heterocycles. The van der Waals surface area contributed by atoms with Gasteiger partial charge in [0.05, 0.1) is 16.1 Å². The molecule has 2 aromatic carbocycles. The van der Waals surface area contributed by atoms with E-state index < -0.39 is 28.3 Å². The summed E-state index contributed by atoms with van der Waals surface area (Å²) in [6, 6.07) is 11.3. The number of hydrogen-bond acceptors (Lipinski definition) is 7. The number of esters is 1. The monoisotopic (exact) mass is 445 g/mol. The first-order valence-electron chi connectivity index (χ1n) is 9.13. The number of nitrogens with zero attached hydrogens (tertiary/aromatic N) is 1. The van der Waals surface area contributed by atoms with Crippen molar-refractivity contribution < 1.29 is 32.3 Å². The molecular weight excluding hydrogens is 426 g/mol. The third-order valence-corrected chi connectivity index (χ3v) is 5.44. The van der Waals surface area contributed by atoms with Crippen LogP contribution in [0.4, 0.5) is 11.4 Å². The normalized spacial score (nSPS) is 14.0. The van der Waals surface area contributed by atoms with Crippen LogP contribution in [-0.2, 0) is 29.0 Å². The number of ether oxygens (including phenoxy) is 1. The molecule has 3 rings (SSSR count). The topological polar surface area (TPSA) is 139 Å². The summed E-state index contributed by atoms with van der Waals surface area (Å²) in [6.07, 6.45) is 1.30. The summed E-state index contributed by atoms with van der Waals surface area (Å²) in [6.45, 7) is -0.547. The van der Waals surface area contributed by atoms with E-state index in [9.17, 15) is 27.6 Å². The number of hydrogen-bond donors (Lipinski definition) is 2. The average molecular weight is 445 g/mol. The molecule has 3 amide bonds. The summed E-state index contributed by atoms with van der Waals surface area (Å²) in [7, 11) is -3.34. The Hall–Kier alpha value is -3.73. The lowest BCUT2D eigenvalue weighted by atomic mass is 10.2. The van der Waals surface area contributed by atoms with Gasteiger partial charge in [0.15, 0.2) is 16.4 Å². The molecule has 1 fully saturated rings. The molecule has 0 unspecified atom stereocenters. The van der Waals surface area contributed by atoms with Gasteiger partial charge in [-0.1, -0.05) is 0 Å². The van der Waals surface area contributed by atoms with Crippen LogP contribution in [0.5, 0.6) is 0 Å². The third kappa shape index (κ3) is 5.66. The van der Waals surface area contributed by atoms with E-state index in [1.54, 1.807) is 0 Å². The second-order valence-electron chi connectivity index (χ2n) is 6.73. The Labute approximate surface area is 178 Å². The maximum atomic E-state index is 12.1. The Morgan fingerprint density at radius 3 is 2.29 bits per heavy atom. The molecule has 31 heavy (non-hydrogen) atoms. The van der Waals surface area contributed by atoms with Gasteiger partial charge in [-0.25, -0.2) is 18.2 Å². The largest absolute Gasteiger partial charge is 0.452 e. The molecule has 0 atom stereocenters. The maximum absolute atomic E-state index is 12.1. The van der Waals surface area contributed by atoms with E-state index in [4.69, 9.17) is 4.74 Å². The minimum atomic E-state index is -3.34. The molecule has 0 aliphatic carbocycles. The molecule has 1 saturated heterocycles. The highest BCUT2D eigenvalue weighted by atomic mass is 32.2. The zero-order valence-electron chi connectivity index (χ0n) is 16.5. The standard InChI is InChI=1S/C20H19N3O7S/c1-31(28,29)16-8-4-14(5-9-16)21-18(25)12-30-20(27)13-2-6-15(7-3-13)23-19(26)11-10-17(24)22-23/h2-9H,10-12H2,1H3,(H,21,25)(H,22,24). The highest BCUT2D eigenvalue weighted by Crippen LogP contribution is 2.18. The highest BCUT2D eigenvalue weighted by Gasteiger charge is 2.24. The zero-order valence-corrected chi connectivity index (χ0v) is 17.3. The van der Waals surface area contributed by atoms with Crippen molar-refractivity contribution >= 4 is 44.9 Å². The van der Waals surface area contributed by atoms with Crippen LogP contribution in [0.25, 0.3) is 0 Å². The van der Waals surface area contributed by atoms with E-state index in [2.05, 4.69) is 10.7 Å². The summed E-state index contributed by atoms with van der Waals surface area (Å²) in [5.41, 5.74) is 3.35. The Balaban J connectivity index is 1.53. The lowest BCUT2D eigenvalue weighted by Gasteiger charge is -2.27. The van der Waals surface area contributed by atoms with Crippen molar-refractivity contribution in [3.8, 4) is 0 Å². The van der Waals surface area contributed by atoms with Crippen molar-refractivity contribution in [1.29, 1.82) is 0 Å². The third-order valence-electron chi connectivity index (χ3n) is 4.31. The Kier molecular flexibility index (Phi) is 6.35. The van der Waals surface area contributed by atoms with Gasteiger partial charge in [0, 0.05) is 24.8 Å². The summed E-state index contributed by atoms with van der Waals surface area (Å²) >= 11 is 0. The number of benzene rings is 2. The lowest BCUT2D eigenvalue weighted by molar-refractivity contribution is -0.130. The number of amides is 3. The van der Waals surface area contributed by atoms with E-state index in [1.807, 2.05) is 0 Å². The van der Waals surface area contributed by atoms with Crippen LogP contribution in [0.1, 0.15) is 23.2 Å². The van der Waals surface area contributed by atoms with Crippen molar-refractivity contribution in [2.75, 3.05) is 23.2 Å². The number of rotatable bonds is 6. The molecule has 10 nitrogen and oxygen atoms in total. The molecule has 2 aromatic rings. The van der Waals surface area contributed by atoms with E-state index >= 15 is 0 Å². The van der Waals surface area contributed by atoms with Gasteiger partial charge in [-0.05, 0) is 48.5 Å². The second-order valence-corrected chi connectivity index (χ2v) is 8.75. The molecule has 11 heteroatoms. The summed E-state index contributed by atoms with van der Waals surface area (Å²) in [5, 5.41) is 3.61. The molecule has 1 aliphatic heterocycles. The Morgan fingerprint density at radius 2 is 1.68 bits per heavy atom. The van der Waals surface area contributed by atoms with Gasteiger partial charge in [0.1, 0.15) is 0 Å². The Bertz CT molecular complexity index is 1130. The lowest BCUT2D eigenvalue weighted by Crippen LogP contribution is -2.50. The molecule has 0 aromatic heterocycles. The molecule has 0 saturated carbocycles. The van der Waals surface area contributed by atoms with E-state index in [1.165, 1.54) is 48.5 Å². The number of carbonyl (C=O) groups is 4. The summed E-state index contributed by atoms with van der Waals surface area (Å²) < 4.78 is 27.8. The quantitative estimate of drug-likeness (QED) is 0.634. The van der Waals surface area contributed by atoms with Crippen molar-refractivity contribution in [1.82, 2.24) is 5.43 Å². The van der Waals surface area contributed by atoms with E-state index in [0.29, 0.717) is 11.4 Å². The molecule has 1 aliphatic rings.